The van der Waals surface area contributed by atoms with Gasteiger partial charge in [-0.2, -0.15) is 0 Å². The summed E-state index contributed by atoms with van der Waals surface area (Å²) in [5, 5.41) is 10.6. The van der Waals surface area contributed by atoms with Gasteiger partial charge in [0.2, 0.25) is 5.75 Å². The summed E-state index contributed by atoms with van der Waals surface area (Å²) in [7, 11) is 2.63. The van der Waals surface area contributed by atoms with Gasteiger partial charge in [0.1, 0.15) is 11.3 Å². The fourth-order valence-electron chi connectivity index (χ4n) is 1.22. The molecule has 0 spiro atoms. The zero-order valence-electron chi connectivity index (χ0n) is 8.22. The van der Waals surface area contributed by atoms with Crippen LogP contribution in [0.2, 0.25) is 0 Å². The minimum Gasteiger partial charge on any atom is -0.496 e. The van der Waals surface area contributed by atoms with Gasteiger partial charge in [-0.3, -0.25) is 14.9 Å². The van der Waals surface area contributed by atoms with Gasteiger partial charge in [0.05, 0.1) is 19.1 Å². The summed E-state index contributed by atoms with van der Waals surface area (Å²) in [6, 6.07) is 2.58. The van der Waals surface area contributed by atoms with Crippen LogP contribution in [0, 0.1) is 10.1 Å². The molecular weight excluding hydrogens is 202 g/mol. The average molecular weight is 211 g/mol. The lowest BCUT2D eigenvalue weighted by Crippen LogP contribution is -2.00. The summed E-state index contributed by atoms with van der Waals surface area (Å²) in [6.07, 6.45) is 0.463. The van der Waals surface area contributed by atoms with Crippen LogP contribution in [0.3, 0.4) is 0 Å². The Labute approximate surface area is 85.6 Å². The Kier molecular flexibility index (Phi) is 3.22. The molecule has 1 aromatic rings. The second kappa shape index (κ2) is 4.41. The third kappa shape index (κ3) is 1.88. The quantitative estimate of drug-likeness (QED) is 0.427. The normalized spacial score (nSPS) is 9.47. The Morgan fingerprint density at radius 3 is 2.40 bits per heavy atom. The summed E-state index contributed by atoms with van der Waals surface area (Å²) in [4.78, 5) is 20.8. The third-order valence-electron chi connectivity index (χ3n) is 1.87. The molecule has 6 nitrogen and oxygen atoms in total. The number of aldehydes is 1. The molecule has 0 aliphatic rings. The van der Waals surface area contributed by atoms with Crippen molar-refractivity contribution >= 4 is 12.0 Å². The van der Waals surface area contributed by atoms with Gasteiger partial charge in [-0.15, -0.1) is 0 Å². The standard InChI is InChI=1S/C9H9NO5/c1-14-8-4-3-7(10(12)13)9(15-2)6(8)5-11/h3-5H,1-2H3. The minimum atomic E-state index is -0.620. The molecule has 6 heteroatoms. The largest absolute Gasteiger partial charge is 0.496 e. The first-order valence-corrected chi connectivity index (χ1v) is 4.00. The first kappa shape index (κ1) is 11.0. The summed E-state index contributed by atoms with van der Waals surface area (Å²) >= 11 is 0. The van der Waals surface area contributed by atoms with Crippen LogP contribution in [0.1, 0.15) is 10.4 Å². The lowest BCUT2D eigenvalue weighted by atomic mass is 10.1. The van der Waals surface area contributed by atoms with Crippen LogP contribution in [-0.4, -0.2) is 25.4 Å². The lowest BCUT2D eigenvalue weighted by molar-refractivity contribution is -0.385. The maximum absolute atomic E-state index is 10.8. The van der Waals surface area contributed by atoms with Gasteiger partial charge in [0, 0.05) is 6.07 Å². The number of nitro groups is 1. The van der Waals surface area contributed by atoms with Gasteiger partial charge >= 0.3 is 5.69 Å². The SMILES string of the molecule is COc1ccc([N+](=O)[O-])c(OC)c1C=O. The second-order valence-electron chi connectivity index (χ2n) is 2.61. The molecule has 1 aromatic carbocycles. The molecule has 15 heavy (non-hydrogen) atoms. The highest BCUT2D eigenvalue weighted by molar-refractivity contribution is 5.86. The molecule has 0 amide bonds. The molecule has 0 saturated carbocycles. The molecule has 0 radical (unpaired) electrons. The molecule has 0 aliphatic carbocycles. The third-order valence-corrected chi connectivity index (χ3v) is 1.87. The molecule has 80 valence electrons. The number of benzene rings is 1. The van der Waals surface area contributed by atoms with Crippen LogP contribution < -0.4 is 9.47 Å². The Balaban J connectivity index is 3.47. The van der Waals surface area contributed by atoms with Crippen LogP contribution >= 0.6 is 0 Å². The average Bonchev–Trinajstić information content (AvgIpc) is 2.26. The number of nitro benzene ring substituents is 1. The topological polar surface area (TPSA) is 78.7 Å². The van der Waals surface area contributed by atoms with Crippen LogP contribution in [0.4, 0.5) is 5.69 Å². The first-order valence-electron chi connectivity index (χ1n) is 4.00. The Morgan fingerprint density at radius 2 is 2.00 bits per heavy atom. The first-order chi connectivity index (χ1) is 7.15. The van der Waals surface area contributed by atoms with Crippen LogP contribution in [0.15, 0.2) is 12.1 Å². The molecule has 0 N–H and O–H groups in total. The molecule has 0 unspecified atom stereocenters. The monoisotopic (exact) mass is 211 g/mol. The summed E-state index contributed by atoms with van der Waals surface area (Å²) in [6.45, 7) is 0. The van der Waals surface area contributed by atoms with Crippen molar-refractivity contribution in [2.24, 2.45) is 0 Å². The van der Waals surface area contributed by atoms with Crippen molar-refractivity contribution in [3.8, 4) is 11.5 Å². The number of ether oxygens (including phenoxy) is 2. The number of carbonyl (C=O) groups excluding carboxylic acids is 1. The molecule has 0 heterocycles. The second-order valence-corrected chi connectivity index (χ2v) is 2.61. The van der Waals surface area contributed by atoms with Gasteiger partial charge in [-0.1, -0.05) is 0 Å². The number of carbonyl (C=O) groups is 1. The van der Waals surface area contributed by atoms with Gasteiger partial charge in [0.25, 0.3) is 0 Å². The fourth-order valence-corrected chi connectivity index (χ4v) is 1.22. The molecule has 0 saturated heterocycles. The van der Waals surface area contributed by atoms with E-state index in [-0.39, 0.29) is 22.7 Å². The highest BCUT2D eigenvalue weighted by Gasteiger charge is 2.21. The van der Waals surface area contributed by atoms with E-state index >= 15 is 0 Å². The number of nitrogens with zero attached hydrogens (tertiary/aromatic N) is 1. The smallest absolute Gasteiger partial charge is 0.311 e. The van der Waals surface area contributed by atoms with E-state index in [1.54, 1.807) is 0 Å². The summed E-state index contributed by atoms with van der Waals surface area (Å²) < 4.78 is 9.70. The van der Waals surface area contributed by atoms with Crippen molar-refractivity contribution in [1.82, 2.24) is 0 Å². The van der Waals surface area contributed by atoms with Gasteiger partial charge < -0.3 is 9.47 Å². The molecule has 0 atom stereocenters. The van der Waals surface area contributed by atoms with Crippen molar-refractivity contribution in [1.29, 1.82) is 0 Å². The van der Waals surface area contributed by atoms with Gasteiger partial charge in [0.15, 0.2) is 6.29 Å². The van der Waals surface area contributed by atoms with E-state index in [4.69, 9.17) is 9.47 Å². The van der Waals surface area contributed by atoms with Crippen LogP contribution in [-0.2, 0) is 0 Å². The molecular formula is C9H9NO5. The summed E-state index contributed by atoms with van der Waals surface area (Å²) in [5.74, 6) is 0.154. The van der Waals surface area contributed by atoms with E-state index < -0.39 is 4.92 Å². The highest BCUT2D eigenvalue weighted by Crippen LogP contribution is 2.35. The van der Waals surface area contributed by atoms with Gasteiger partial charge in [-0.25, -0.2) is 0 Å². The van der Waals surface area contributed by atoms with Crippen molar-refractivity contribution in [2.75, 3.05) is 14.2 Å². The fraction of sp³-hybridized carbons (Fsp3) is 0.222. The Hall–Kier alpha value is -2.11. The number of rotatable bonds is 4. The van der Waals surface area contributed by atoms with Crippen LogP contribution in [0.25, 0.3) is 0 Å². The predicted octanol–water partition coefficient (Wildman–Crippen LogP) is 1.42. The van der Waals surface area contributed by atoms with E-state index in [9.17, 15) is 14.9 Å². The molecule has 0 aromatic heterocycles. The molecule has 0 fully saturated rings. The van der Waals surface area contributed by atoms with Crippen LogP contribution in [0.5, 0.6) is 11.5 Å². The Morgan fingerprint density at radius 1 is 1.33 bits per heavy atom. The van der Waals surface area contributed by atoms with Crippen molar-refractivity contribution in [2.45, 2.75) is 0 Å². The number of methoxy groups -OCH3 is 2. The highest BCUT2D eigenvalue weighted by atomic mass is 16.6. The van der Waals surface area contributed by atoms with E-state index in [2.05, 4.69) is 0 Å². The summed E-state index contributed by atoms with van der Waals surface area (Å²) in [5.41, 5.74) is -0.227. The number of hydrogen-bond donors (Lipinski definition) is 0. The van der Waals surface area contributed by atoms with E-state index in [1.807, 2.05) is 0 Å². The van der Waals surface area contributed by atoms with Crippen molar-refractivity contribution in [3.63, 3.8) is 0 Å². The van der Waals surface area contributed by atoms with E-state index in [1.165, 1.54) is 26.4 Å². The zero-order chi connectivity index (χ0) is 11.4. The van der Waals surface area contributed by atoms with Crippen molar-refractivity contribution < 1.29 is 19.2 Å². The van der Waals surface area contributed by atoms with Crippen molar-refractivity contribution in [3.05, 3.63) is 27.8 Å². The lowest BCUT2D eigenvalue weighted by Gasteiger charge is -2.08. The number of hydrogen-bond acceptors (Lipinski definition) is 5. The zero-order valence-corrected chi connectivity index (χ0v) is 8.22. The maximum atomic E-state index is 10.8. The van der Waals surface area contributed by atoms with Gasteiger partial charge in [-0.05, 0) is 6.07 Å². The Bertz CT molecular complexity index is 402. The maximum Gasteiger partial charge on any atom is 0.311 e. The molecule has 0 aliphatic heterocycles. The van der Waals surface area contributed by atoms with E-state index in [0.29, 0.717) is 6.29 Å². The molecule has 1 rings (SSSR count). The van der Waals surface area contributed by atoms with E-state index in [0.717, 1.165) is 0 Å². The molecule has 0 bridgehead atoms. The predicted molar refractivity (Wildman–Crippen MR) is 51.6 cm³/mol. The minimum absolute atomic E-state index is 0.0363.